The second-order valence-electron chi connectivity index (χ2n) is 15.7. The number of nitrogens with zero attached hydrogens (tertiary/aromatic N) is 2. The molecule has 0 saturated heterocycles. The van der Waals surface area contributed by atoms with Crippen molar-refractivity contribution >= 4 is 23.9 Å². The smallest absolute Gasteiger partial charge is 0.408 e. The predicted octanol–water partition coefficient (Wildman–Crippen LogP) is 4.72. The molecule has 1 aromatic heterocycles. The molecule has 0 radical (unpaired) electrons. The standard InChI is InChI=1S/C39H49N5O6/c1-37(2,3)50-36(48)42-31(17-30-23-44(25-40-30)22-27-13-9-6-10-14-27)33(45)43-39-20-28-15-29(21-39)19-38(18-28,24-39)35(47)41-32(34(46)49-4)16-26-11-7-5-8-12-26/h5-14,23,25,28-29,31-32H,15-22,24H2,1-4H3,(H,41,47)(H,42,48)(H,43,45)/t28-,29+,31-,32-,38?,39?/m0/s1. The number of hydrogen-bond donors (Lipinski definition) is 3. The van der Waals surface area contributed by atoms with E-state index in [2.05, 4.69) is 20.9 Å². The summed E-state index contributed by atoms with van der Waals surface area (Å²) >= 11 is 0. The van der Waals surface area contributed by atoms with E-state index in [4.69, 9.17) is 9.47 Å². The van der Waals surface area contributed by atoms with Gasteiger partial charge in [0, 0.05) is 31.1 Å². The number of methoxy groups -OCH3 is 1. The molecule has 7 rings (SSSR count). The topological polar surface area (TPSA) is 141 Å². The minimum Gasteiger partial charge on any atom is -0.467 e. The van der Waals surface area contributed by atoms with E-state index in [1.165, 1.54) is 7.11 Å². The summed E-state index contributed by atoms with van der Waals surface area (Å²) in [7, 11) is 1.33. The Morgan fingerprint density at radius 2 is 1.52 bits per heavy atom. The molecule has 3 amide bonds. The summed E-state index contributed by atoms with van der Waals surface area (Å²) in [5.41, 5.74) is 0.626. The number of hydrogen-bond acceptors (Lipinski definition) is 7. The summed E-state index contributed by atoms with van der Waals surface area (Å²) in [6.45, 7) is 5.95. The number of ether oxygens (including phenoxy) is 2. The third kappa shape index (κ3) is 8.37. The van der Waals surface area contributed by atoms with Crippen molar-refractivity contribution < 1.29 is 28.7 Å². The molecule has 2 unspecified atom stereocenters. The molecule has 4 aliphatic carbocycles. The Morgan fingerprint density at radius 3 is 2.14 bits per heavy atom. The molecule has 266 valence electrons. The van der Waals surface area contributed by atoms with Crippen molar-refractivity contribution in [2.75, 3.05) is 7.11 Å². The molecule has 4 bridgehead atoms. The third-order valence-corrected chi connectivity index (χ3v) is 10.3. The van der Waals surface area contributed by atoms with E-state index >= 15 is 0 Å². The van der Waals surface area contributed by atoms with E-state index < -0.39 is 40.7 Å². The Balaban J connectivity index is 1.19. The molecule has 2 aromatic carbocycles. The molecular weight excluding hydrogens is 634 g/mol. The van der Waals surface area contributed by atoms with Crippen molar-refractivity contribution in [3.8, 4) is 0 Å². The first kappa shape index (κ1) is 35.2. The zero-order valence-electron chi connectivity index (χ0n) is 29.4. The number of rotatable bonds is 12. The maximum absolute atomic E-state index is 14.2. The third-order valence-electron chi connectivity index (χ3n) is 10.3. The van der Waals surface area contributed by atoms with Crippen molar-refractivity contribution in [2.24, 2.45) is 17.3 Å². The highest BCUT2D eigenvalue weighted by molar-refractivity contribution is 5.90. The van der Waals surface area contributed by atoms with E-state index in [9.17, 15) is 19.2 Å². The highest BCUT2D eigenvalue weighted by atomic mass is 16.6. The maximum atomic E-state index is 14.2. The number of alkyl carbamates (subject to hydrolysis) is 1. The van der Waals surface area contributed by atoms with Gasteiger partial charge in [0.2, 0.25) is 11.8 Å². The van der Waals surface area contributed by atoms with E-state index in [-0.39, 0.29) is 30.1 Å². The fourth-order valence-electron chi connectivity index (χ4n) is 8.78. The molecule has 0 aliphatic heterocycles. The number of benzene rings is 2. The van der Waals surface area contributed by atoms with Crippen LogP contribution in [0.1, 0.15) is 76.1 Å². The zero-order valence-corrected chi connectivity index (χ0v) is 29.4. The van der Waals surface area contributed by atoms with Crippen LogP contribution < -0.4 is 16.0 Å². The van der Waals surface area contributed by atoms with Crippen LogP contribution >= 0.6 is 0 Å². The average molecular weight is 684 g/mol. The van der Waals surface area contributed by atoms with Gasteiger partial charge in [-0.1, -0.05) is 60.7 Å². The van der Waals surface area contributed by atoms with E-state index in [0.717, 1.165) is 30.4 Å². The Kier molecular flexibility index (Phi) is 10.0. The largest absolute Gasteiger partial charge is 0.467 e. The van der Waals surface area contributed by atoms with Crippen LogP contribution in [0.25, 0.3) is 0 Å². The van der Waals surface area contributed by atoms with Gasteiger partial charge in [-0.3, -0.25) is 9.59 Å². The summed E-state index contributed by atoms with van der Waals surface area (Å²) in [5, 5.41) is 9.22. The second-order valence-corrected chi connectivity index (χ2v) is 15.7. The van der Waals surface area contributed by atoms with Crippen molar-refractivity contribution in [3.05, 3.63) is 90.0 Å². The fraction of sp³-hybridized carbons (Fsp3) is 0.513. The van der Waals surface area contributed by atoms with Gasteiger partial charge in [0.1, 0.15) is 17.7 Å². The number of esters is 1. The van der Waals surface area contributed by atoms with E-state index in [0.29, 0.717) is 37.9 Å². The van der Waals surface area contributed by atoms with Gasteiger partial charge in [0.25, 0.3) is 0 Å². The summed E-state index contributed by atoms with van der Waals surface area (Å²) in [4.78, 5) is 58.8. The first-order chi connectivity index (χ1) is 23.8. The van der Waals surface area contributed by atoms with Crippen molar-refractivity contribution in [2.45, 2.75) is 102 Å². The lowest BCUT2D eigenvalue weighted by atomic mass is 9.46. The lowest BCUT2D eigenvalue weighted by molar-refractivity contribution is -0.157. The number of carbonyl (C=O) groups excluding carboxylic acids is 4. The first-order valence-corrected chi connectivity index (χ1v) is 17.6. The predicted molar refractivity (Wildman–Crippen MR) is 187 cm³/mol. The molecular formula is C39H49N5O6. The molecule has 4 saturated carbocycles. The number of imidazole rings is 1. The second kappa shape index (κ2) is 14.3. The van der Waals surface area contributed by atoms with Crippen LogP contribution in [0.3, 0.4) is 0 Å². The van der Waals surface area contributed by atoms with Crippen LogP contribution in [0.5, 0.6) is 0 Å². The van der Waals surface area contributed by atoms with Gasteiger partial charge >= 0.3 is 12.1 Å². The highest BCUT2D eigenvalue weighted by Crippen LogP contribution is 2.61. The van der Waals surface area contributed by atoms with Crippen LogP contribution in [0.4, 0.5) is 4.79 Å². The normalized spacial score (nSPS) is 24.9. The lowest BCUT2D eigenvalue weighted by Crippen LogP contribution is -2.68. The van der Waals surface area contributed by atoms with Crippen LogP contribution in [0.15, 0.2) is 73.2 Å². The monoisotopic (exact) mass is 683 g/mol. The fourth-order valence-corrected chi connectivity index (χ4v) is 8.78. The molecule has 4 fully saturated rings. The van der Waals surface area contributed by atoms with Crippen molar-refractivity contribution in [3.63, 3.8) is 0 Å². The molecule has 3 aromatic rings. The van der Waals surface area contributed by atoms with E-state index in [1.54, 1.807) is 27.1 Å². The van der Waals surface area contributed by atoms with Crippen molar-refractivity contribution in [1.82, 2.24) is 25.5 Å². The molecule has 4 aliphatic rings. The van der Waals surface area contributed by atoms with Gasteiger partial charge in [-0.25, -0.2) is 14.6 Å². The number of aromatic nitrogens is 2. The molecule has 50 heavy (non-hydrogen) atoms. The van der Waals surface area contributed by atoms with Gasteiger partial charge in [0.05, 0.1) is 24.5 Å². The Hall–Kier alpha value is -4.67. The van der Waals surface area contributed by atoms with Gasteiger partial charge in [0.15, 0.2) is 0 Å². The van der Waals surface area contributed by atoms with Gasteiger partial charge in [-0.15, -0.1) is 0 Å². The maximum Gasteiger partial charge on any atom is 0.408 e. The molecule has 0 spiro atoms. The van der Waals surface area contributed by atoms with Crippen LogP contribution in [-0.4, -0.2) is 63.8 Å². The quantitative estimate of drug-likeness (QED) is 0.235. The van der Waals surface area contributed by atoms with Crippen molar-refractivity contribution in [1.29, 1.82) is 0 Å². The zero-order chi connectivity index (χ0) is 35.5. The highest BCUT2D eigenvalue weighted by Gasteiger charge is 2.61. The Bertz CT molecular complexity index is 1670. The van der Waals surface area contributed by atoms with Gasteiger partial charge in [-0.05, 0) is 82.3 Å². The summed E-state index contributed by atoms with van der Waals surface area (Å²) in [6, 6.07) is 17.8. The Morgan fingerprint density at radius 1 is 0.880 bits per heavy atom. The number of carbonyl (C=O) groups is 4. The van der Waals surface area contributed by atoms with Gasteiger partial charge in [-0.2, -0.15) is 0 Å². The van der Waals surface area contributed by atoms with E-state index in [1.807, 2.05) is 71.4 Å². The van der Waals surface area contributed by atoms with Crippen LogP contribution in [0, 0.1) is 17.3 Å². The number of nitrogens with one attached hydrogen (secondary N) is 3. The van der Waals surface area contributed by atoms with Gasteiger partial charge < -0.3 is 30.0 Å². The average Bonchev–Trinajstić information content (AvgIpc) is 3.49. The Labute approximate surface area is 293 Å². The molecule has 11 nitrogen and oxygen atoms in total. The first-order valence-electron chi connectivity index (χ1n) is 17.6. The molecule has 6 atom stereocenters. The molecule has 3 N–H and O–H groups in total. The molecule has 1 heterocycles. The lowest BCUT2D eigenvalue weighted by Gasteiger charge is -2.61. The summed E-state index contributed by atoms with van der Waals surface area (Å²) in [5.74, 6) is -0.457. The van der Waals surface area contributed by atoms with Crippen LogP contribution in [-0.2, 0) is 43.2 Å². The summed E-state index contributed by atoms with van der Waals surface area (Å²) < 4.78 is 12.6. The summed E-state index contributed by atoms with van der Waals surface area (Å²) in [6.07, 6.45) is 7.85. The minimum atomic E-state index is -0.947. The van der Waals surface area contributed by atoms with Crippen LogP contribution in [0.2, 0.25) is 0 Å². The SMILES string of the molecule is COC(=O)[C@H](Cc1ccccc1)NC(=O)C12C[C@@H]3C[C@@H](CC(NC(=O)[C@H](Cc4cn(Cc5ccccc5)cn4)NC(=O)OC(C)(C)C)(C3)C1)C2. The minimum absolute atomic E-state index is 0.163. The number of amides is 3. The molecule has 11 heteroatoms.